The van der Waals surface area contributed by atoms with Gasteiger partial charge in [0.05, 0.1) is 41.1 Å². The van der Waals surface area contributed by atoms with Crippen molar-refractivity contribution in [1.82, 2.24) is 14.8 Å². The lowest BCUT2D eigenvalue weighted by Crippen LogP contribution is -2.02. The number of benzene rings is 1. The Bertz CT molecular complexity index is 858. The van der Waals surface area contributed by atoms with Crippen LogP contribution in [0.25, 0.3) is 5.69 Å². The molecule has 0 fully saturated rings. The number of carboxylic acid groups (broad SMARTS) is 2. The average Bonchev–Trinajstić information content (AvgIpc) is 3.02. The summed E-state index contributed by atoms with van der Waals surface area (Å²) >= 11 is 0. The average molecular weight is 340 g/mol. The van der Waals surface area contributed by atoms with Crippen LogP contribution in [0.15, 0.2) is 55.1 Å². The van der Waals surface area contributed by atoms with Gasteiger partial charge in [-0.25, -0.2) is 14.3 Å². The Morgan fingerprint density at radius 1 is 1.08 bits per heavy atom. The fourth-order valence-corrected chi connectivity index (χ4v) is 2.00. The van der Waals surface area contributed by atoms with E-state index in [1.165, 1.54) is 12.1 Å². The maximum absolute atomic E-state index is 10.5. The number of nitrogens with two attached hydrogens (primary N) is 1. The predicted molar refractivity (Wildman–Crippen MR) is 90.9 cm³/mol. The Hall–Kier alpha value is -3.68. The van der Waals surface area contributed by atoms with Crippen LogP contribution in [0.5, 0.6) is 0 Å². The van der Waals surface area contributed by atoms with Crippen molar-refractivity contribution in [3.05, 3.63) is 71.8 Å². The topological polar surface area (TPSA) is 131 Å². The maximum atomic E-state index is 10.5. The van der Waals surface area contributed by atoms with Gasteiger partial charge in [-0.15, -0.1) is 0 Å². The minimum absolute atomic E-state index is 0.00241. The van der Waals surface area contributed by atoms with Crippen LogP contribution in [0.2, 0.25) is 0 Å². The molecule has 3 aromatic rings. The number of carbonyl (C=O) groups is 2. The molecule has 2 heterocycles. The van der Waals surface area contributed by atoms with Crippen molar-refractivity contribution in [3.63, 3.8) is 0 Å². The quantitative estimate of drug-likeness (QED) is 0.666. The Balaban J connectivity index is 0.000000181. The molecular weight excluding hydrogens is 324 g/mol. The molecule has 0 radical (unpaired) electrons. The molecule has 0 amide bonds. The molecule has 8 heteroatoms. The fourth-order valence-electron chi connectivity index (χ4n) is 2.00. The Morgan fingerprint density at radius 2 is 1.72 bits per heavy atom. The second-order valence-electron chi connectivity index (χ2n) is 5.13. The first-order valence-electron chi connectivity index (χ1n) is 7.15. The molecule has 3 rings (SSSR count). The van der Waals surface area contributed by atoms with Gasteiger partial charge in [-0.05, 0) is 42.8 Å². The van der Waals surface area contributed by atoms with Gasteiger partial charge < -0.3 is 15.9 Å². The van der Waals surface area contributed by atoms with E-state index in [4.69, 9.17) is 15.9 Å². The first-order valence-corrected chi connectivity index (χ1v) is 7.15. The lowest BCUT2D eigenvalue weighted by molar-refractivity contribution is 0.0696. The molecule has 0 spiro atoms. The number of hydrogen-bond donors (Lipinski definition) is 3. The van der Waals surface area contributed by atoms with Gasteiger partial charge in [-0.1, -0.05) is 0 Å². The highest BCUT2D eigenvalue weighted by Gasteiger charge is 2.09. The smallest absolute Gasteiger partial charge is 0.335 e. The van der Waals surface area contributed by atoms with Crippen molar-refractivity contribution < 1.29 is 19.8 Å². The molecule has 0 saturated carbocycles. The third kappa shape index (κ3) is 4.90. The molecule has 1 aromatic carbocycles. The Morgan fingerprint density at radius 3 is 2.16 bits per heavy atom. The highest BCUT2D eigenvalue weighted by Crippen LogP contribution is 2.09. The molecular formula is C17H16N4O4. The molecule has 0 aliphatic carbocycles. The van der Waals surface area contributed by atoms with Crippen LogP contribution in [0, 0.1) is 6.92 Å². The van der Waals surface area contributed by atoms with Gasteiger partial charge >= 0.3 is 11.9 Å². The maximum Gasteiger partial charge on any atom is 0.335 e. The van der Waals surface area contributed by atoms with Crippen molar-refractivity contribution in [2.45, 2.75) is 6.92 Å². The monoisotopic (exact) mass is 340 g/mol. The van der Waals surface area contributed by atoms with E-state index < -0.39 is 11.9 Å². The molecule has 8 nitrogen and oxygen atoms in total. The van der Waals surface area contributed by atoms with Crippen LogP contribution in [-0.4, -0.2) is 36.9 Å². The third-order valence-electron chi connectivity index (χ3n) is 3.08. The van der Waals surface area contributed by atoms with E-state index in [1.807, 2.05) is 12.1 Å². The summed E-state index contributed by atoms with van der Waals surface area (Å²) in [5.41, 5.74) is 7.69. The SMILES string of the molecule is Cc1cc(C(=O)O)cc(C(=O)O)c1.Nc1cnn(-c2cccnc2)c1. The molecule has 0 aliphatic rings. The summed E-state index contributed by atoms with van der Waals surface area (Å²) in [6, 6.07) is 7.76. The van der Waals surface area contributed by atoms with Crippen LogP contribution >= 0.6 is 0 Å². The number of aryl methyl sites for hydroxylation is 1. The first-order chi connectivity index (χ1) is 11.9. The number of rotatable bonds is 3. The number of anilines is 1. The van der Waals surface area contributed by atoms with E-state index in [9.17, 15) is 9.59 Å². The van der Waals surface area contributed by atoms with Gasteiger partial charge in [0.2, 0.25) is 0 Å². The van der Waals surface area contributed by atoms with Gasteiger partial charge in [0.15, 0.2) is 0 Å². The van der Waals surface area contributed by atoms with Crippen molar-refractivity contribution >= 4 is 17.6 Å². The highest BCUT2D eigenvalue weighted by molar-refractivity contribution is 5.94. The van der Waals surface area contributed by atoms with Crippen LogP contribution in [0.4, 0.5) is 5.69 Å². The van der Waals surface area contributed by atoms with Gasteiger partial charge in [0.25, 0.3) is 0 Å². The molecule has 0 aliphatic heterocycles. The van der Waals surface area contributed by atoms with E-state index in [0.717, 1.165) is 11.8 Å². The van der Waals surface area contributed by atoms with Crippen molar-refractivity contribution in [2.24, 2.45) is 0 Å². The number of aromatic nitrogens is 3. The molecule has 0 unspecified atom stereocenters. The molecule has 0 atom stereocenters. The minimum Gasteiger partial charge on any atom is -0.478 e. The van der Waals surface area contributed by atoms with E-state index >= 15 is 0 Å². The lowest BCUT2D eigenvalue weighted by atomic mass is 10.1. The number of carboxylic acids is 2. The zero-order valence-corrected chi connectivity index (χ0v) is 13.3. The van der Waals surface area contributed by atoms with Gasteiger partial charge in [0, 0.05) is 6.20 Å². The van der Waals surface area contributed by atoms with Gasteiger partial charge in [0.1, 0.15) is 0 Å². The van der Waals surface area contributed by atoms with Crippen LogP contribution < -0.4 is 5.73 Å². The minimum atomic E-state index is -1.12. The summed E-state index contributed by atoms with van der Waals surface area (Å²) in [6.07, 6.45) is 6.80. The first kappa shape index (κ1) is 17.7. The predicted octanol–water partition coefficient (Wildman–Crippen LogP) is 2.24. The van der Waals surface area contributed by atoms with Crippen LogP contribution in [0.1, 0.15) is 26.3 Å². The second kappa shape index (κ2) is 7.73. The lowest BCUT2D eigenvalue weighted by Gasteiger charge is -1.99. The zero-order valence-electron chi connectivity index (χ0n) is 13.3. The fraction of sp³-hybridized carbons (Fsp3) is 0.0588. The standard InChI is InChI=1S/C9H8O4.C8H8N4/c1-5-2-6(8(10)11)4-7(3-5)9(12)13;9-7-4-11-12(6-7)8-2-1-3-10-5-8/h2-4H,1H3,(H,10,11)(H,12,13);1-6H,9H2. The summed E-state index contributed by atoms with van der Waals surface area (Å²) < 4.78 is 1.68. The highest BCUT2D eigenvalue weighted by atomic mass is 16.4. The number of nitrogens with zero attached hydrogens (tertiary/aromatic N) is 3. The van der Waals surface area contributed by atoms with Gasteiger partial charge in [-0.2, -0.15) is 5.10 Å². The van der Waals surface area contributed by atoms with Gasteiger partial charge in [-0.3, -0.25) is 4.98 Å². The number of hydrogen-bond acceptors (Lipinski definition) is 5. The summed E-state index contributed by atoms with van der Waals surface area (Å²) in [6.45, 7) is 1.65. The largest absolute Gasteiger partial charge is 0.478 e. The Kier molecular flexibility index (Phi) is 5.47. The van der Waals surface area contributed by atoms with Crippen molar-refractivity contribution in [1.29, 1.82) is 0 Å². The number of pyridine rings is 1. The molecule has 0 saturated heterocycles. The summed E-state index contributed by atoms with van der Waals surface area (Å²) in [7, 11) is 0. The van der Waals surface area contributed by atoms with Crippen LogP contribution in [-0.2, 0) is 0 Å². The van der Waals surface area contributed by atoms with Crippen molar-refractivity contribution in [2.75, 3.05) is 5.73 Å². The summed E-state index contributed by atoms with van der Waals surface area (Å²) in [5.74, 6) is -2.24. The van der Waals surface area contributed by atoms with E-state index in [-0.39, 0.29) is 11.1 Å². The van der Waals surface area contributed by atoms with E-state index in [2.05, 4.69) is 10.1 Å². The molecule has 2 aromatic heterocycles. The van der Waals surface area contributed by atoms with E-state index in [1.54, 1.807) is 36.4 Å². The van der Waals surface area contributed by atoms with E-state index in [0.29, 0.717) is 11.3 Å². The second-order valence-corrected chi connectivity index (χ2v) is 5.13. The zero-order chi connectivity index (χ0) is 18.4. The van der Waals surface area contributed by atoms with Crippen LogP contribution in [0.3, 0.4) is 0 Å². The molecule has 4 N–H and O–H groups in total. The molecule has 0 bridgehead atoms. The summed E-state index contributed by atoms with van der Waals surface area (Å²) in [5, 5.41) is 21.3. The van der Waals surface area contributed by atoms with Crippen molar-refractivity contribution in [3.8, 4) is 5.69 Å². The summed E-state index contributed by atoms with van der Waals surface area (Å²) in [4.78, 5) is 25.0. The molecule has 25 heavy (non-hydrogen) atoms. The Labute approximate surface area is 143 Å². The number of aromatic carboxylic acids is 2. The third-order valence-corrected chi connectivity index (χ3v) is 3.08. The molecule has 128 valence electrons. The normalized spacial score (nSPS) is 9.80. The number of nitrogen functional groups attached to an aromatic ring is 1.